The van der Waals surface area contributed by atoms with E-state index in [0.29, 0.717) is 22.9 Å². The molecule has 0 saturated carbocycles. The Balaban J connectivity index is 2.01. The zero-order valence-electron chi connectivity index (χ0n) is 15.0. The zero-order chi connectivity index (χ0) is 20.1. The minimum absolute atomic E-state index is 0.0259. The van der Waals surface area contributed by atoms with Gasteiger partial charge in [-0.25, -0.2) is 9.97 Å². The number of aromatic nitrogens is 2. The topological polar surface area (TPSA) is 111 Å². The lowest BCUT2D eigenvalue weighted by Crippen LogP contribution is -2.06. The second-order valence-electron chi connectivity index (χ2n) is 5.47. The molecule has 0 saturated heterocycles. The van der Waals surface area contributed by atoms with Crippen LogP contribution in [0.1, 0.15) is 0 Å². The number of nitrogens with one attached hydrogen (secondary N) is 2. The smallest absolute Gasteiger partial charge is 0.353 e. The molecular formula is C18H16BrN5O4. The maximum absolute atomic E-state index is 11.7. The van der Waals surface area contributed by atoms with E-state index in [0.717, 1.165) is 4.47 Å². The number of para-hydroxylation sites is 1. The van der Waals surface area contributed by atoms with E-state index in [4.69, 9.17) is 9.47 Å². The van der Waals surface area contributed by atoms with Crippen molar-refractivity contribution < 1.29 is 14.4 Å². The fourth-order valence-corrected chi connectivity index (χ4v) is 2.84. The van der Waals surface area contributed by atoms with E-state index >= 15 is 0 Å². The highest BCUT2D eigenvalue weighted by Gasteiger charge is 2.24. The molecule has 0 fully saturated rings. The van der Waals surface area contributed by atoms with Crippen LogP contribution >= 0.6 is 15.9 Å². The number of hydrogen-bond acceptors (Lipinski definition) is 8. The average molecular weight is 446 g/mol. The number of hydrogen-bond donors (Lipinski definition) is 2. The highest BCUT2D eigenvalue weighted by molar-refractivity contribution is 9.10. The number of ether oxygens (including phenoxy) is 2. The highest BCUT2D eigenvalue weighted by Crippen LogP contribution is 2.37. The fourth-order valence-electron chi connectivity index (χ4n) is 2.45. The maximum atomic E-state index is 11.7. The minimum atomic E-state index is -0.544. The molecular weight excluding hydrogens is 430 g/mol. The van der Waals surface area contributed by atoms with Crippen molar-refractivity contribution >= 4 is 44.6 Å². The van der Waals surface area contributed by atoms with Gasteiger partial charge >= 0.3 is 5.69 Å². The van der Waals surface area contributed by atoms with Crippen LogP contribution in [0, 0.1) is 10.1 Å². The monoisotopic (exact) mass is 445 g/mol. The molecule has 10 heteroatoms. The summed E-state index contributed by atoms with van der Waals surface area (Å²) in [4.78, 5) is 19.3. The third-order valence-electron chi connectivity index (χ3n) is 3.79. The number of nitrogens with zero attached hydrogens (tertiary/aromatic N) is 3. The van der Waals surface area contributed by atoms with Crippen LogP contribution in [0.3, 0.4) is 0 Å². The third kappa shape index (κ3) is 4.12. The molecule has 9 nitrogen and oxygen atoms in total. The van der Waals surface area contributed by atoms with Crippen molar-refractivity contribution in [1.82, 2.24) is 9.97 Å². The first-order chi connectivity index (χ1) is 13.5. The van der Waals surface area contributed by atoms with Gasteiger partial charge in [-0.15, -0.1) is 0 Å². The largest absolute Gasteiger partial charge is 0.497 e. The molecule has 0 aliphatic rings. The summed E-state index contributed by atoms with van der Waals surface area (Å²) in [7, 11) is 3.03. The van der Waals surface area contributed by atoms with Crippen LogP contribution < -0.4 is 20.1 Å². The quantitative estimate of drug-likeness (QED) is 0.399. The number of rotatable bonds is 7. The number of methoxy groups -OCH3 is 2. The van der Waals surface area contributed by atoms with Gasteiger partial charge in [-0.05, 0) is 40.2 Å². The van der Waals surface area contributed by atoms with Crippen LogP contribution in [-0.2, 0) is 0 Å². The van der Waals surface area contributed by atoms with Crippen LogP contribution in [0.15, 0.2) is 53.3 Å². The highest BCUT2D eigenvalue weighted by atomic mass is 79.9. The van der Waals surface area contributed by atoms with Gasteiger partial charge in [-0.3, -0.25) is 10.1 Å². The van der Waals surface area contributed by atoms with Crippen LogP contribution in [0.2, 0.25) is 0 Å². The summed E-state index contributed by atoms with van der Waals surface area (Å²) in [6.07, 6.45) is 1.24. The van der Waals surface area contributed by atoms with Crippen molar-refractivity contribution in [3.05, 3.63) is 63.4 Å². The average Bonchev–Trinajstić information content (AvgIpc) is 2.70. The van der Waals surface area contributed by atoms with Gasteiger partial charge in [-0.1, -0.05) is 12.1 Å². The zero-order valence-corrected chi connectivity index (χ0v) is 16.6. The number of benzene rings is 2. The van der Waals surface area contributed by atoms with Crippen molar-refractivity contribution in [2.75, 3.05) is 24.9 Å². The van der Waals surface area contributed by atoms with Crippen molar-refractivity contribution in [3.8, 4) is 11.5 Å². The molecule has 0 amide bonds. The third-order valence-corrected chi connectivity index (χ3v) is 4.49. The summed E-state index contributed by atoms with van der Waals surface area (Å²) in [5.41, 5.74) is 0.838. The van der Waals surface area contributed by atoms with Gasteiger partial charge in [0.15, 0.2) is 0 Å². The van der Waals surface area contributed by atoms with Gasteiger partial charge < -0.3 is 20.1 Å². The lowest BCUT2D eigenvalue weighted by Gasteiger charge is -2.13. The van der Waals surface area contributed by atoms with Gasteiger partial charge in [0.1, 0.15) is 17.8 Å². The van der Waals surface area contributed by atoms with Crippen LogP contribution in [0.25, 0.3) is 0 Å². The molecule has 1 heterocycles. The Labute approximate surface area is 169 Å². The molecule has 2 aromatic carbocycles. The first-order valence-corrected chi connectivity index (χ1v) is 8.82. The van der Waals surface area contributed by atoms with E-state index in [2.05, 4.69) is 36.5 Å². The molecule has 0 atom stereocenters. The van der Waals surface area contributed by atoms with E-state index in [1.165, 1.54) is 20.5 Å². The van der Waals surface area contributed by atoms with Gasteiger partial charge in [0.05, 0.1) is 30.5 Å². The Hall–Kier alpha value is -3.40. The van der Waals surface area contributed by atoms with E-state index in [1.807, 2.05) is 18.2 Å². The van der Waals surface area contributed by atoms with Crippen LogP contribution in [-0.4, -0.2) is 29.1 Å². The Morgan fingerprint density at radius 3 is 2.29 bits per heavy atom. The molecule has 2 N–H and O–H groups in total. The lowest BCUT2D eigenvalue weighted by atomic mass is 10.2. The molecule has 3 rings (SSSR count). The summed E-state index contributed by atoms with van der Waals surface area (Å²) in [5, 5.41) is 17.7. The molecule has 0 bridgehead atoms. The summed E-state index contributed by atoms with van der Waals surface area (Å²) in [6, 6.07) is 12.3. The van der Waals surface area contributed by atoms with Gasteiger partial charge in [0, 0.05) is 10.5 Å². The van der Waals surface area contributed by atoms with E-state index in [1.54, 1.807) is 24.3 Å². The van der Waals surface area contributed by atoms with Crippen LogP contribution in [0.4, 0.5) is 28.7 Å². The van der Waals surface area contributed by atoms with Gasteiger partial charge in [0.2, 0.25) is 11.6 Å². The van der Waals surface area contributed by atoms with Crippen molar-refractivity contribution in [3.63, 3.8) is 0 Å². The Kier molecular flexibility index (Phi) is 5.90. The van der Waals surface area contributed by atoms with E-state index < -0.39 is 4.92 Å². The summed E-state index contributed by atoms with van der Waals surface area (Å²) in [6.45, 7) is 0. The molecule has 0 radical (unpaired) electrons. The second kappa shape index (κ2) is 8.53. The van der Waals surface area contributed by atoms with Crippen molar-refractivity contribution in [2.45, 2.75) is 0 Å². The molecule has 1 aromatic heterocycles. The predicted octanol–water partition coefficient (Wildman–Crippen LogP) is 4.65. The molecule has 0 spiro atoms. The summed E-state index contributed by atoms with van der Waals surface area (Å²) < 4.78 is 11.2. The summed E-state index contributed by atoms with van der Waals surface area (Å²) in [5.74, 6) is 1.13. The van der Waals surface area contributed by atoms with Crippen molar-refractivity contribution in [2.24, 2.45) is 0 Å². The molecule has 0 unspecified atom stereocenters. The number of halogens is 1. The SMILES string of the molecule is COc1ccc(Nc2ncnc(Nc3ccccc3Br)c2[N+](=O)[O-])c(OC)c1. The van der Waals surface area contributed by atoms with Crippen LogP contribution in [0.5, 0.6) is 11.5 Å². The lowest BCUT2D eigenvalue weighted by molar-refractivity contribution is -0.383. The molecule has 144 valence electrons. The van der Waals surface area contributed by atoms with Gasteiger partial charge in [-0.2, -0.15) is 0 Å². The number of anilines is 4. The first kappa shape index (κ1) is 19.4. The van der Waals surface area contributed by atoms with E-state index in [-0.39, 0.29) is 17.3 Å². The Morgan fingerprint density at radius 1 is 1.00 bits per heavy atom. The summed E-state index contributed by atoms with van der Waals surface area (Å²) >= 11 is 3.40. The molecule has 0 aliphatic heterocycles. The van der Waals surface area contributed by atoms with Gasteiger partial charge in [0.25, 0.3) is 0 Å². The van der Waals surface area contributed by atoms with Crippen molar-refractivity contribution in [1.29, 1.82) is 0 Å². The normalized spacial score (nSPS) is 10.2. The Bertz CT molecular complexity index is 1020. The predicted molar refractivity (Wildman–Crippen MR) is 109 cm³/mol. The number of nitro groups is 1. The molecule has 3 aromatic rings. The Morgan fingerprint density at radius 2 is 1.68 bits per heavy atom. The van der Waals surface area contributed by atoms with E-state index in [9.17, 15) is 10.1 Å². The minimum Gasteiger partial charge on any atom is -0.497 e. The molecule has 28 heavy (non-hydrogen) atoms. The molecule has 0 aliphatic carbocycles. The fraction of sp³-hybridized carbons (Fsp3) is 0.111. The maximum Gasteiger partial charge on any atom is 0.353 e. The standard InChI is InChI=1S/C18H16BrN5O4/c1-27-11-7-8-14(15(9-11)28-2)23-18-16(24(25)26)17(20-10-21-18)22-13-6-4-3-5-12(13)19/h3-10H,1-2H3,(H2,20,21,22,23). The first-order valence-electron chi connectivity index (χ1n) is 8.03. The second-order valence-corrected chi connectivity index (χ2v) is 6.33.